The van der Waals surface area contributed by atoms with Gasteiger partial charge in [-0.05, 0) is 48.2 Å². The molecule has 2 aromatic rings. The zero-order chi connectivity index (χ0) is 19.1. The number of halogens is 2. The Morgan fingerprint density at radius 2 is 1.74 bits per heavy atom. The molecule has 2 aromatic carbocycles. The summed E-state index contributed by atoms with van der Waals surface area (Å²) in [6.45, 7) is 0.687. The maximum atomic E-state index is 13.6. The molecule has 2 aliphatic heterocycles. The van der Waals surface area contributed by atoms with Crippen molar-refractivity contribution >= 4 is 34.8 Å². The monoisotopic (exact) mass is 371 g/mol. The molecular formula is C19H15F2N3O3. The molecule has 0 aromatic heterocycles. The Morgan fingerprint density at radius 1 is 1.00 bits per heavy atom. The minimum Gasteiger partial charge on any atom is -0.318 e. The number of nitrogens with one attached hydrogen (secondary N) is 2. The number of carbonyl (C=O) groups excluding carboxylic acids is 3. The highest BCUT2D eigenvalue weighted by Crippen LogP contribution is 2.38. The number of anilines is 3. The third-order valence-corrected chi connectivity index (χ3v) is 4.65. The highest BCUT2D eigenvalue weighted by Gasteiger charge is 2.32. The summed E-state index contributed by atoms with van der Waals surface area (Å²) in [6.07, 6.45) is 1.86. The normalized spacial score (nSPS) is 14.7. The standard InChI is InChI=1S/C19H15F2N3O3/c20-12-3-4-14(21)15(9-12)23-19(27)18(26)22-13-6-10-2-1-5-24-16(25)8-11(7-13)17(10)24/h3-4,6-7,9H,1-2,5,8H2,(H,22,26)(H,23,27). The van der Waals surface area contributed by atoms with Gasteiger partial charge in [0.15, 0.2) is 0 Å². The van der Waals surface area contributed by atoms with Crippen LogP contribution < -0.4 is 15.5 Å². The molecule has 0 bridgehead atoms. The van der Waals surface area contributed by atoms with Crippen molar-refractivity contribution in [2.45, 2.75) is 19.3 Å². The molecule has 0 saturated heterocycles. The van der Waals surface area contributed by atoms with Crippen molar-refractivity contribution in [2.24, 2.45) is 0 Å². The Bertz CT molecular complexity index is 990. The van der Waals surface area contributed by atoms with E-state index in [2.05, 4.69) is 5.32 Å². The molecule has 8 heteroatoms. The van der Waals surface area contributed by atoms with Crippen molar-refractivity contribution in [3.8, 4) is 0 Å². The van der Waals surface area contributed by atoms with Gasteiger partial charge < -0.3 is 15.5 Å². The van der Waals surface area contributed by atoms with Gasteiger partial charge >= 0.3 is 11.8 Å². The molecule has 0 saturated carbocycles. The van der Waals surface area contributed by atoms with Crippen LogP contribution in [-0.4, -0.2) is 24.3 Å². The summed E-state index contributed by atoms with van der Waals surface area (Å²) < 4.78 is 26.8. The van der Waals surface area contributed by atoms with Crippen LogP contribution in [0.4, 0.5) is 25.8 Å². The van der Waals surface area contributed by atoms with Crippen LogP contribution in [0.2, 0.25) is 0 Å². The number of nitrogens with zero attached hydrogens (tertiary/aromatic N) is 1. The van der Waals surface area contributed by atoms with E-state index in [1.165, 1.54) is 0 Å². The minimum absolute atomic E-state index is 0.0220. The molecule has 0 fully saturated rings. The fourth-order valence-electron chi connectivity index (χ4n) is 3.51. The predicted octanol–water partition coefficient (Wildman–Crippen LogP) is 2.38. The highest BCUT2D eigenvalue weighted by atomic mass is 19.1. The van der Waals surface area contributed by atoms with Crippen molar-refractivity contribution in [3.63, 3.8) is 0 Å². The number of hydrogen-bond donors (Lipinski definition) is 2. The van der Waals surface area contributed by atoms with Gasteiger partial charge in [-0.1, -0.05) is 0 Å². The fourth-order valence-corrected chi connectivity index (χ4v) is 3.51. The van der Waals surface area contributed by atoms with E-state index in [9.17, 15) is 23.2 Å². The first-order valence-corrected chi connectivity index (χ1v) is 8.46. The first kappa shape index (κ1) is 17.1. The maximum Gasteiger partial charge on any atom is 0.314 e. The molecule has 0 radical (unpaired) electrons. The summed E-state index contributed by atoms with van der Waals surface area (Å²) in [6, 6.07) is 5.95. The summed E-state index contributed by atoms with van der Waals surface area (Å²) in [4.78, 5) is 38.0. The first-order valence-electron chi connectivity index (χ1n) is 8.46. The van der Waals surface area contributed by atoms with Crippen LogP contribution in [0, 0.1) is 11.6 Å². The number of benzene rings is 2. The Kier molecular flexibility index (Phi) is 4.10. The van der Waals surface area contributed by atoms with Gasteiger partial charge in [0.05, 0.1) is 17.8 Å². The highest BCUT2D eigenvalue weighted by molar-refractivity contribution is 6.43. The summed E-state index contributed by atoms with van der Waals surface area (Å²) >= 11 is 0. The zero-order valence-electron chi connectivity index (χ0n) is 14.1. The second-order valence-corrected chi connectivity index (χ2v) is 6.50. The van der Waals surface area contributed by atoms with E-state index < -0.39 is 29.1 Å². The number of aryl methyl sites for hydroxylation is 1. The quantitative estimate of drug-likeness (QED) is 0.796. The average molecular weight is 371 g/mol. The lowest BCUT2D eigenvalue weighted by Crippen LogP contribution is -2.31. The number of amides is 3. The fraction of sp³-hybridized carbons (Fsp3) is 0.211. The number of rotatable bonds is 2. The molecule has 2 N–H and O–H groups in total. The summed E-state index contributed by atoms with van der Waals surface area (Å²) in [5.41, 5.74) is 2.62. The molecule has 6 nitrogen and oxygen atoms in total. The van der Waals surface area contributed by atoms with E-state index in [0.29, 0.717) is 12.2 Å². The molecule has 3 amide bonds. The Morgan fingerprint density at radius 3 is 2.56 bits per heavy atom. The van der Waals surface area contributed by atoms with Crippen molar-refractivity contribution in [1.29, 1.82) is 0 Å². The van der Waals surface area contributed by atoms with Crippen molar-refractivity contribution < 1.29 is 23.2 Å². The van der Waals surface area contributed by atoms with Gasteiger partial charge in [-0.15, -0.1) is 0 Å². The smallest absolute Gasteiger partial charge is 0.314 e. The summed E-state index contributed by atoms with van der Waals surface area (Å²) in [7, 11) is 0. The SMILES string of the molecule is O=C(Nc1cc2c3c(c1)CC(=O)N3CCC2)C(=O)Nc1cc(F)ccc1F. The van der Waals surface area contributed by atoms with E-state index in [1.807, 2.05) is 5.32 Å². The molecule has 2 aliphatic rings. The lowest BCUT2D eigenvalue weighted by Gasteiger charge is -2.26. The summed E-state index contributed by atoms with van der Waals surface area (Å²) in [5, 5.41) is 4.51. The van der Waals surface area contributed by atoms with Crippen LogP contribution in [0.25, 0.3) is 0 Å². The largest absolute Gasteiger partial charge is 0.318 e. The van der Waals surface area contributed by atoms with Crippen molar-refractivity contribution in [1.82, 2.24) is 0 Å². The molecule has 2 heterocycles. The zero-order valence-corrected chi connectivity index (χ0v) is 14.1. The van der Waals surface area contributed by atoms with Gasteiger partial charge in [-0.3, -0.25) is 14.4 Å². The van der Waals surface area contributed by atoms with Gasteiger partial charge in [-0.2, -0.15) is 0 Å². The van der Waals surface area contributed by atoms with Crippen LogP contribution in [0.15, 0.2) is 30.3 Å². The second-order valence-electron chi connectivity index (χ2n) is 6.50. The van der Waals surface area contributed by atoms with Crippen LogP contribution in [0.1, 0.15) is 17.5 Å². The van der Waals surface area contributed by atoms with Crippen molar-refractivity contribution in [3.05, 3.63) is 53.1 Å². The maximum absolute atomic E-state index is 13.6. The van der Waals surface area contributed by atoms with Crippen LogP contribution >= 0.6 is 0 Å². The average Bonchev–Trinajstić information content (AvgIpc) is 2.95. The second kappa shape index (κ2) is 6.46. The van der Waals surface area contributed by atoms with Crippen LogP contribution in [0.5, 0.6) is 0 Å². The molecule has 0 atom stereocenters. The van der Waals surface area contributed by atoms with Crippen LogP contribution in [0.3, 0.4) is 0 Å². The lowest BCUT2D eigenvalue weighted by atomic mass is 9.99. The Hall–Kier alpha value is -3.29. The first-order chi connectivity index (χ1) is 12.9. The third-order valence-electron chi connectivity index (χ3n) is 4.65. The molecule has 0 aliphatic carbocycles. The van der Waals surface area contributed by atoms with Gasteiger partial charge in [0.2, 0.25) is 5.91 Å². The topological polar surface area (TPSA) is 78.5 Å². The van der Waals surface area contributed by atoms with Crippen LogP contribution in [-0.2, 0) is 27.2 Å². The van der Waals surface area contributed by atoms with E-state index >= 15 is 0 Å². The van der Waals surface area contributed by atoms with E-state index in [4.69, 9.17) is 0 Å². The Balaban J connectivity index is 1.52. The molecule has 0 unspecified atom stereocenters. The minimum atomic E-state index is -1.12. The molecule has 27 heavy (non-hydrogen) atoms. The van der Waals surface area contributed by atoms with Crippen molar-refractivity contribution in [2.75, 3.05) is 22.1 Å². The molecule has 138 valence electrons. The summed E-state index contributed by atoms with van der Waals surface area (Å²) in [5.74, 6) is -3.69. The molecular weight excluding hydrogens is 356 g/mol. The third kappa shape index (κ3) is 3.14. The van der Waals surface area contributed by atoms with Gasteiger partial charge in [0.25, 0.3) is 0 Å². The number of carbonyl (C=O) groups is 3. The van der Waals surface area contributed by atoms with Gasteiger partial charge in [-0.25, -0.2) is 8.78 Å². The number of hydrogen-bond acceptors (Lipinski definition) is 3. The predicted molar refractivity (Wildman–Crippen MR) is 94.4 cm³/mol. The van der Waals surface area contributed by atoms with E-state index in [-0.39, 0.29) is 12.3 Å². The van der Waals surface area contributed by atoms with Gasteiger partial charge in [0, 0.05) is 18.3 Å². The molecule has 0 spiro atoms. The van der Waals surface area contributed by atoms with E-state index in [1.54, 1.807) is 17.0 Å². The lowest BCUT2D eigenvalue weighted by molar-refractivity contribution is -0.133. The molecule has 4 rings (SSSR count). The Labute approximate surface area is 153 Å². The van der Waals surface area contributed by atoms with E-state index in [0.717, 1.165) is 47.9 Å². The van der Waals surface area contributed by atoms with Gasteiger partial charge in [0.1, 0.15) is 11.6 Å².